The van der Waals surface area contributed by atoms with E-state index in [0.717, 1.165) is 0 Å². The number of hydrogen-bond acceptors (Lipinski definition) is 2. The average Bonchev–Trinajstić information content (AvgIpc) is 2.18. The Morgan fingerprint density at radius 2 is 2.00 bits per heavy atom. The molecule has 0 aliphatic carbocycles. The van der Waals surface area contributed by atoms with Crippen molar-refractivity contribution in [1.29, 1.82) is 5.26 Å². The maximum absolute atomic E-state index is 11.3. The first-order valence-electron chi connectivity index (χ1n) is 4.04. The van der Waals surface area contributed by atoms with E-state index < -0.39 is 5.56 Å². The van der Waals surface area contributed by atoms with Gasteiger partial charge in [-0.15, -0.1) is 0 Å². The average molecular weight is 239 g/mol. The fraction of sp³-hybridized carbons (Fsp3) is 0. The molecule has 0 atom stereocenters. The van der Waals surface area contributed by atoms with E-state index in [4.69, 9.17) is 28.5 Å². The van der Waals surface area contributed by atoms with Gasteiger partial charge in [0.15, 0.2) is 0 Å². The molecule has 0 amide bonds. The summed E-state index contributed by atoms with van der Waals surface area (Å²) in [6.45, 7) is 0. The lowest BCUT2D eigenvalue weighted by Gasteiger charge is -2.01. The summed E-state index contributed by atoms with van der Waals surface area (Å²) in [5, 5.41) is 10.1. The topological polar surface area (TPSA) is 56.6 Å². The van der Waals surface area contributed by atoms with Gasteiger partial charge in [-0.3, -0.25) is 4.79 Å². The second kappa shape index (κ2) is 3.58. The van der Waals surface area contributed by atoms with E-state index in [1.165, 1.54) is 12.1 Å². The van der Waals surface area contributed by atoms with Gasteiger partial charge in [0, 0.05) is 10.4 Å². The minimum absolute atomic E-state index is 0.0424. The number of hydrogen-bond donors (Lipinski definition) is 1. The highest BCUT2D eigenvalue weighted by Crippen LogP contribution is 2.25. The molecule has 0 saturated carbocycles. The second-order valence-corrected chi connectivity index (χ2v) is 3.82. The molecule has 0 fully saturated rings. The Labute approximate surface area is 94.9 Å². The molecule has 0 unspecified atom stereocenters. The van der Waals surface area contributed by atoms with Crippen molar-refractivity contribution in [3.63, 3.8) is 0 Å². The van der Waals surface area contributed by atoms with E-state index in [2.05, 4.69) is 4.98 Å². The van der Waals surface area contributed by atoms with Crippen molar-refractivity contribution in [2.75, 3.05) is 0 Å². The number of pyridine rings is 1. The first-order valence-corrected chi connectivity index (χ1v) is 4.79. The fourth-order valence-electron chi connectivity index (χ4n) is 1.32. The van der Waals surface area contributed by atoms with Crippen LogP contribution in [-0.4, -0.2) is 4.98 Å². The summed E-state index contributed by atoms with van der Waals surface area (Å²) >= 11 is 11.7. The molecule has 1 aromatic carbocycles. The summed E-state index contributed by atoms with van der Waals surface area (Å²) in [5.74, 6) is 0. The molecule has 1 N–H and O–H groups in total. The third-order valence-electron chi connectivity index (χ3n) is 1.99. The Morgan fingerprint density at radius 1 is 1.27 bits per heavy atom. The van der Waals surface area contributed by atoms with Gasteiger partial charge >= 0.3 is 0 Å². The quantitative estimate of drug-likeness (QED) is 0.768. The van der Waals surface area contributed by atoms with Gasteiger partial charge in [0.2, 0.25) is 0 Å². The molecule has 0 radical (unpaired) electrons. The van der Waals surface area contributed by atoms with E-state index in [0.29, 0.717) is 20.9 Å². The van der Waals surface area contributed by atoms with Crippen LogP contribution in [0, 0.1) is 11.3 Å². The SMILES string of the molecule is N#Cc1cc2cc(Cl)cc(Cl)c2[nH]c1=O. The van der Waals surface area contributed by atoms with Gasteiger partial charge in [-0.1, -0.05) is 23.2 Å². The summed E-state index contributed by atoms with van der Waals surface area (Å²) in [7, 11) is 0. The van der Waals surface area contributed by atoms with Crippen LogP contribution < -0.4 is 5.56 Å². The highest BCUT2D eigenvalue weighted by Gasteiger charge is 2.06. The van der Waals surface area contributed by atoms with Crippen LogP contribution in [0.5, 0.6) is 0 Å². The largest absolute Gasteiger partial charge is 0.320 e. The Kier molecular flexibility index (Phi) is 2.39. The molecule has 0 saturated heterocycles. The molecule has 1 aromatic heterocycles. The van der Waals surface area contributed by atoms with Crippen LogP contribution in [0.1, 0.15) is 5.56 Å². The molecule has 0 spiro atoms. The summed E-state index contributed by atoms with van der Waals surface area (Å²) in [6.07, 6.45) is 0. The van der Waals surface area contributed by atoms with E-state index >= 15 is 0 Å². The number of aromatic nitrogens is 1. The molecular formula is C10H4Cl2N2O. The van der Waals surface area contributed by atoms with E-state index in [-0.39, 0.29) is 5.56 Å². The number of nitrogens with zero attached hydrogens (tertiary/aromatic N) is 1. The van der Waals surface area contributed by atoms with E-state index in [1.54, 1.807) is 12.1 Å². The lowest BCUT2D eigenvalue weighted by Crippen LogP contribution is -2.09. The van der Waals surface area contributed by atoms with Gasteiger partial charge in [-0.05, 0) is 18.2 Å². The standard InChI is InChI=1S/C10H4Cl2N2O/c11-7-2-5-1-6(4-13)10(15)14-9(5)8(12)3-7/h1-3H,(H,14,15). The van der Waals surface area contributed by atoms with Crippen molar-refractivity contribution in [3.05, 3.63) is 44.2 Å². The highest BCUT2D eigenvalue weighted by molar-refractivity contribution is 6.38. The smallest absolute Gasteiger partial charge is 0.266 e. The van der Waals surface area contributed by atoms with Gasteiger partial charge in [0.25, 0.3) is 5.56 Å². The lowest BCUT2D eigenvalue weighted by molar-refractivity contribution is 1.27. The van der Waals surface area contributed by atoms with Crippen molar-refractivity contribution < 1.29 is 0 Å². The number of fused-ring (bicyclic) bond motifs is 1. The molecule has 5 heteroatoms. The molecule has 1 heterocycles. The number of halogens is 2. The second-order valence-electron chi connectivity index (χ2n) is 2.98. The van der Waals surface area contributed by atoms with Gasteiger partial charge in [-0.25, -0.2) is 0 Å². The predicted octanol–water partition coefficient (Wildman–Crippen LogP) is 2.71. The zero-order chi connectivity index (χ0) is 11.0. The van der Waals surface area contributed by atoms with Crippen molar-refractivity contribution >= 4 is 34.1 Å². The highest BCUT2D eigenvalue weighted by atomic mass is 35.5. The molecular weight excluding hydrogens is 235 g/mol. The molecule has 74 valence electrons. The van der Waals surface area contributed by atoms with Crippen LogP contribution in [0.4, 0.5) is 0 Å². The van der Waals surface area contributed by atoms with Gasteiger partial charge in [0.05, 0.1) is 10.5 Å². The maximum atomic E-state index is 11.3. The Hall–Kier alpha value is -1.50. The summed E-state index contributed by atoms with van der Waals surface area (Å²) < 4.78 is 0. The minimum atomic E-state index is -0.450. The zero-order valence-electron chi connectivity index (χ0n) is 7.34. The Morgan fingerprint density at radius 3 is 2.67 bits per heavy atom. The normalized spacial score (nSPS) is 10.2. The van der Waals surface area contributed by atoms with Crippen LogP contribution in [0.2, 0.25) is 10.0 Å². The van der Waals surface area contributed by atoms with Crippen molar-refractivity contribution in [1.82, 2.24) is 4.98 Å². The Balaban J connectivity index is 2.95. The van der Waals surface area contributed by atoms with Gasteiger partial charge in [-0.2, -0.15) is 5.26 Å². The summed E-state index contributed by atoms with van der Waals surface area (Å²) in [6, 6.07) is 6.43. The van der Waals surface area contributed by atoms with Crippen molar-refractivity contribution in [2.24, 2.45) is 0 Å². The van der Waals surface area contributed by atoms with Crippen LogP contribution in [0.3, 0.4) is 0 Å². The molecule has 2 aromatic rings. The van der Waals surface area contributed by atoms with Gasteiger partial charge < -0.3 is 4.98 Å². The molecule has 0 aliphatic rings. The number of H-pyrrole nitrogens is 1. The summed E-state index contributed by atoms with van der Waals surface area (Å²) in [5.41, 5.74) is 0.0834. The third kappa shape index (κ3) is 1.70. The molecule has 0 aliphatic heterocycles. The van der Waals surface area contributed by atoms with Crippen LogP contribution in [0.15, 0.2) is 23.0 Å². The van der Waals surface area contributed by atoms with Crippen LogP contribution in [0.25, 0.3) is 10.9 Å². The van der Waals surface area contributed by atoms with Crippen molar-refractivity contribution in [3.8, 4) is 6.07 Å². The van der Waals surface area contributed by atoms with E-state index in [9.17, 15) is 4.79 Å². The first-order chi connectivity index (χ1) is 7.11. The molecule has 0 bridgehead atoms. The Bertz CT molecular complexity index is 640. The third-order valence-corrected chi connectivity index (χ3v) is 2.51. The van der Waals surface area contributed by atoms with Crippen LogP contribution in [-0.2, 0) is 0 Å². The number of aromatic amines is 1. The summed E-state index contributed by atoms with van der Waals surface area (Å²) in [4.78, 5) is 13.9. The molecule has 15 heavy (non-hydrogen) atoms. The number of benzene rings is 1. The number of rotatable bonds is 0. The monoisotopic (exact) mass is 238 g/mol. The van der Waals surface area contributed by atoms with Crippen molar-refractivity contribution in [2.45, 2.75) is 0 Å². The van der Waals surface area contributed by atoms with Gasteiger partial charge in [0.1, 0.15) is 11.6 Å². The minimum Gasteiger partial charge on any atom is -0.320 e. The first kappa shape index (κ1) is 10.0. The number of nitriles is 1. The molecule has 2 rings (SSSR count). The predicted molar refractivity (Wildman–Crippen MR) is 59.3 cm³/mol. The zero-order valence-corrected chi connectivity index (χ0v) is 8.86. The molecule has 3 nitrogen and oxygen atoms in total. The number of nitrogens with one attached hydrogen (secondary N) is 1. The van der Waals surface area contributed by atoms with E-state index in [1.807, 2.05) is 0 Å². The lowest BCUT2D eigenvalue weighted by atomic mass is 10.2. The van der Waals surface area contributed by atoms with Crippen LogP contribution >= 0.6 is 23.2 Å². The maximum Gasteiger partial charge on any atom is 0.266 e. The fourth-order valence-corrected chi connectivity index (χ4v) is 1.88.